The topological polar surface area (TPSA) is 106 Å². The van der Waals surface area contributed by atoms with Gasteiger partial charge in [0, 0.05) is 41.6 Å². The summed E-state index contributed by atoms with van der Waals surface area (Å²) in [7, 11) is 0. The van der Waals surface area contributed by atoms with Crippen LogP contribution in [-0.2, 0) is 4.79 Å². The van der Waals surface area contributed by atoms with Gasteiger partial charge in [0.1, 0.15) is 11.6 Å². The minimum Gasteiger partial charge on any atom is -0.359 e. The Balaban J connectivity index is 1.14. The molecule has 1 saturated heterocycles. The molecular formula is C27H23F2N5O3. The van der Waals surface area contributed by atoms with Crippen LogP contribution in [0.4, 0.5) is 30.6 Å². The zero-order chi connectivity index (χ0) is 25.9. The second-order valence-corrected chi connectivity index (χ2v) is 8.75. The highest BCUT2D eigenvalue weighted by Crippen LogP contribution is 2.25. The maximum absolute atomic E-state index is 13.9. The van der Waals surface area contributed by atoms with Crippen LogP contribution in [-0.4, -0.2) is 40.8 Å². The number of rotatable bonds is 5. The number of anilines is 3. The van der Waals surface area contributed by atoms with Crippen molar-refractivity contribution in [3.05, 3.63) is 90.1 Å². The molecule has 5 rings (SSSR count). The van der Waals surface area contributed by atoms with E-state index in [0.717, 1.165) is 0 Å². The Kier molecular flexibility index (Phi) is 6.55. The minimum atomic E-state index is -0.585. The van der Waals surface area contributed by atoms with Crippen molar-refractivity contribution in [2.75, 3.05) is 29.0 Å². The normalized spacial score (nSPS) is 15.0. The van der Waals surface area contributed by atoms with Crippen LogP contribution in [0.15, 0.2) is 72.9 Å². The molecule has 1 aromatic heterocycles. The van der Waals surface area contributed by atoms with E-state index >= 15 is 0 Å². The van der Waals surface area contributed by atoms with E-state index in [9.17, 15) is 23.2 Å². The first-order chi connectivity index (χ1) is 17.9. The second kappa shape index (κ2) is 10.1. The quantitative estimate of drug-likeness (QED) is 0.301. The predicted molar refractivity (Wildman–Crippen MR) is 136 cm³/mol. The number of carbonyl (C=O) groups excluding carboxylic acids is 3. The Morgan fingerprint density at radius 3 is 2.38 bits per heavy atom. The van der Waals surface area contributed by atoms with E-state index in [-0.39, 0.29) is 18.0 Å². The van der Waals surface area contributed by atoms with E-state index in [1.165, 1.54) is 35.2 Å². The van der Waals surface area contributed by atoms with E-state index in [1.54, 1.807) is 42.6 Å². The average molecular weight is 504 g/mol. The number of benzene rings is 3. The molecule has 1 aliphatic rings. The van der Waals surface area contributed by atoms with Crippen molar-refractivity contribution in [1.82, 2.24) is 9.88 Å². The maximum atomic E-state index is 13.9. The summed E-state index contributed by atoms with van der Waals surface area (Å²) in [5.74, 6) is -2.08. The Labute approximate surface area is 210 Å². The van der Waals surface area contributed by atoms with Crippen molar-refractivity contribution in [3.63, 3.8) is 0 Å². The van der Waals surface area contributed by atoms with Crippen molar-refractivity contribution in [2.24, 2.45) is 5.92 Å². The first-order valence-corrected chi connectivity index (χ1v) is 11.7. The molecule has 1 fully saturated rings. The summed E-state index contributed by atoms with van der Waals surface area (Å²) in [6.45, 7) is 0.572. The molecule has 0 spiro atoms. The molecule has 0 bridgehead atoms. The lowest BCUT2D eigenvalue weighted by Gasteiger charge is -2.17. The van der Waals surface area contributed by atoms with E-state index < -0.39 is 29.5 Å². The molecule has 37 heavy (non-hydrogen) atoms. The third kappa shape index (κ3) is 5.27. The highest BCUT2D eigenvalue weighted by molar-refractivity contribution is 6.06. The van der Waals surface area contributed by atoms with Gasteiger partial charge in [-0.15, -0.1) is 0 Å². The van der Waals surface area contributed by atoms with Crippen molar-refractivity contribution in [2.45, 2.75) is 6.42 Å². The standard InChI is InChI=1S/C27H23F2N5O3/c28-17-5-10-23-21(13-17)24(14-30-23)33-27(37)32-19-8-6-18(7-9-19)31-25(35)16-11-12-34(15-16)26(36)20-3-1-2-4-22(20)29/h1-10,13-14,16,30H,11-12,15H2,(H,31,35)(H2,32,33,37). The van der Waals surface area contributed by atoms with Crippen molar-refractivity contribution in [1.29, 1.82) is 0 Å². The van der Waals surface area contributed by atoms with Crippen LogP contribution in [0, 0.1) is 17.6 Å². The third-order valence-electron chi connectivity index (χ3n) is 6.25. The fourth-order valence-corrected chi connectivity index (χ4v) is 4.33. The number of urea groups is 1. The molecule has 0 saturated carbocycles. The number of aromatic nitrogens is 1. The SMILES string of the molecule is O=C(Nc1ccc(NC(=O)C2CCN(C(=O)c3ccccc3F)C2)cc1)Nc1c[nH]c2ccc(F)cc12. The van der Waals surface area contributed by atoms with Gasteiger partial charge in [0.05, 0.1) is 17.2 Å². The first kappa shape index (κ1) is 24.0. The van der Waals surface area contributed by atoms with Gasteiger partial charge >= 0.3 is 6.03 Å². The number of H-pyrrole nitrogens is 1. The summed E-state index contributed by atoms with van der Waals surface area (Å²) in [6, 6.07) is 16.1. The molecule has 4 amide bonds. The molecule has 0 aliphatic carbocycles. The summed E-state index contributed by atoms with van der Waals surface area (Å²) in [5.41, 5.74) is 2.15. The van der Waals surface area contributed by atoms with Crippen molar-refractivity contribution >= 4 is 45.8 Å². The van der Waals surface area contributed by atoms with Crippen LogP contribution in [0.3, 0.4) is 0 Å². The Morgan fingerprint density at radius 1 is 0.892 bits per heavy atom. The van der Waals surface area contributed by atoms with Crippen LogP contribution in [0.1, 0.15) is 16.8 Å². The van der Waals surface area contributed by atoms with Crippen molar-refractivity contribution in [3.8, 4) is 0 Å². The molecule has 2 heterocycles. The summed E-state index contributed by atoms with van der Waals surface area (Å²) in [4.78, 5) is 42.2. The number of amides is 4. The average Bonchev–Trinajstić information content (AvgIpc) is 3.53. The van der Waals surface area contributed by atoms with Crippen molar-refractivity contribution < 1.29 is 23.2 Å². The smallest absolute Gasteiger partial charge is 0.323 e. The van der Waals surface area contributed by atoms with Gasteiger partial charge in [-0.2, -0.15) is 0 Å². The van der Waals surface area contributed by atoms with Gasteiger partial charge in [-0.3, -0.25) is 9.59 Å². The van der Waals surface area contributed by atoms with E-state index in [0.29, 0.717) is 40.9 Å². The zero-order valence-corrected chi connectivity index (χ0v) is 19.6. The third-order valence-corrected chi connectivity index (χ3v) is 6.25. The Bertz CT molecular complexity index is 1490. The van der Waals surface area contributed by atoms with Gasteiger partial charge in [-0.05, 0) is 61.0 Å². The minimum absolute atomic E-state index is 0.00691. The number of nitrogens with zero attached hydrogens (tertiary/aromatic N) is 1. The lowest BCUT2D eigenvalue weighted by atomic mass is 10.1. The number of likely N-dealkylation sites (tertiary alicyclic amines) is 1. The number of carbonyl (C=O) groups is 3. The monoisotopic (exact) mass is 503 g/mol. The number of hydrogen-bond donors (Lipinski definition) is 4. The first-order valence-electron chi connectivity index (χ1n) is 11.7. The molecule has 8 nitrogen and oxygen atoms in total. The Morgan fingerprint density at radius 2 is 1.62 bits per heavy atom. The summed E-state index contributed by atoms with van der Waals surface area (Å²) in [5, 5.41) is 8.74. The van der Waals surface area contributed by atoms with E-state index in [2.05, 4.69) is 20.9 Å². The van der Waals surface area contributed by atoms with Crippen LogP contribution >= 0.6 is 0 Å². The second-order valence-electron chi connectivity index (χ2n) is 8.75. The van der Waals surface area contributed by atoms with Gasteiger partial charge in [0.25, 0.3) is 5.91 Å². The summed E-state index contributed by atoms with van der Waals surface area (Å²) < 4.78 is 27.5. The summed E-state index contributed by atoms with van der Waals surface area (Å²) in [6.07, 6.45) is 2.06. The van der Waals surface area contributed by atoms with Gasteiger partial charge in [0.15, 0.2) is 0 Å². The number of halogens is 2. The lowest BCUT2D eigenvalue weighted by Crippen LogP contribution is -2.32. The highest BCUT2D eigenvalue weighted by atomic mass is 19.1. The molecule has 1 aliphatic heterocycles. The number of nitrogens with one attached hydrogen (secondary N) is 4. The highest BCUT2D eigenvalue weighted by Gasteiger charge is 2.32. The molecule has 4 aromatic rings. The predicted octanol–water partition coefficient (Wildman–Crippen LogP) is 5.19. The van der Waals surface area contributed by atoms with E-state index in [4.69, 9.17) is 0 Å². The zero-order valence-electron chi connectivity index (χ0n) is 19.6. The fraction of sp³-hybridized carbons (Fsp3) is 0.148. The van der Waals surface area contributed by atoms with Gasteiger partial charge < -0.3 is 25.8 Å². The number of aromatic amines is 1. The number of hydrogen-bond acceptors (Lipinski definition) is 3. The van der Waals surface area contributed by atoms with Gasteiger partial charge in [-0.25, -0.2) is 13.6 Å². The maximum Gasteiger partial charge on any atom is 0.323 e. The largest absolute Gasteiger partial charge is 0.359 e. The molecule has 4 N–H and O–H groups in total. The van der Waals surface area contributed by atoms with Gasteiger partial charge in [0.2, 0.25) is 5.91 Å². The molecule has 3 aromatic carbocycles. The van der Waals surface area contributed by atoms with Crippen LogP contribution in [0.5, 0.6) is 0 Å². The fourth-order valence-electron chi connectivity index (χ4n) is 4.33. The lowest BCUT2D eigenvalue weighted by molar-refractivity contribution is -0.119. The Hall–Kier alpha value is -4.73. The van der Waals surface area contributed by atoms with Crippen LogP contribution < -0.4 is 16.0 Å². The number of fused-ring (bicyclic) bond motifs is 1. The molecule has 0 radical (unpaired) electrons. The molecule has 10 heteroatoms. The van der Waals surface area contributed by atoms with E-state index in [1.807, 2.05) is 0 Å². The van der Waals surface area contributed by atoms with Crippen LogP contribution in [0.2, 0.25) is 0 Å². The molecule has 1 unspecified atom stereocenters. The summed E-state index contributed by atoms with van der Waals surface area (Å²) >= 11 is 0. The molecular weight excluding hydrogens is 480 g/mol. The van der Waals surface area contributed by atoms with Gasteiger partial charge in [-0.1, -0.05) is 12.1 Å². The van der Waals surface area contributed by atoms with Crippen LogP contribution in [0.25, 0.3) is 10.9 Å². The molecule has 188 valence electrons. The molecule has 1 atom stereocenters.